The first-order chi connectivity index (χ1) is 10.5. The average molecular weight is 309 g/mol. The van der Waals surface area contributed by atoms with Crippen molar-refractivity contribution in [3.63, 3.8) is 0 Å². The Morgan fingerprint density at radius 2 is 1.91 bits per heavy atom. The molecule has 0 saturated carbocycles. The fourth-order valence-corrected chi connectivity index (χ4v) is 2.66. The van der Waals surface area contributed by atoms with Crippen LogP contribution in [0, 0.1) is 0 Å². The van der Waals surface area contributed by atoms with Crippen molar-refractivity contribution >= 4 is 11.9 Å². The molecule has 1 saturated heterocycles. The Labute approximate surface area is 128 Å². The van der Waals surface area contributed by atoms with Gasteiger partial charge in [-0.05, 0) is 18.6 Å². The Bertz CT molecular complexity index is 586. The number of carboxylic acids is 1. The minimum atomic E-state index is -0.995. The number of rotatable bonds is 6. The zero-order valence-corrected chi connectivity index (χ0v) is 12.8. The van der Waals surface area contributed by atoms with E-state index in [-0.39, 0.29) is 18.9 Å². The fourth-order valence-electron chi connectivity index (χ4n) is 2.66. The summed E-state index contributed by atoms with van der Waals surface area (Å²) in [6.45, 7) is 0.152. The molecule has 1 amide bonds. The highest BCUT2D eigenvalue weighted by Crippen LogP contribution is 2.40. The second-order valence-electron chi connectivity index (χ2n) is 4.91. The molecule has 1 aliphatic rings. The molecular weight excluding hydrogens is 290 g/mol. The minimum Gasteiger partial charge on any atom is -0.493 e. The summed E-state index contributed by atoms with van der Waals surface area (Å²) < 4.78 is 15.9. The number of carboxylic acid groups (broad SMARTS) is 1. The molecule has 0 bridgehead atoms. The van der Waals surface area contributed by atoms with Crippen LogP contribution < -0.4 is 14.2 Å². The van der Waals surface area contributed by atoms with Crippen LogP contribution in [0.1, 0.15) is 18.4 Å². The standard InChI is InChI=1S/C15H19NO6/c1-20-11-6-4-9(13(21-2)14(11)22-3)8-16-10(15(18)19)5-7-12(16)17/h4,6,10H,5,7-8H2,1-3H3,(H,18,19). The highest BCUT2D eigenvalue weighted by molar-refractivity contribution is 5.87. The summed E-state index contributed by atoms with van der Waals surface area (Å²) in [5, 5.41) is 9.22. The molecule has 1 heterocycles. The van der Waals surface area contributed by atoms with E-state index in [0.717, 1.165) is 0 Å². The van der Waals surface area contributed by atoms with Gasteiger partial charge in [0, 0.05) is 12.0 Å². The average Bonchev–Trinajstić information content (AvgIpc) is 2.87. The van der Waals surface area contributed by atoms with Crippen LogP contribution in [0.2, 0.25) is 0 Å². The topological polar surface area (TPSA) is 85.3 Å². The third kappa shape index (κ3) is 2.79. The summed E-state index contributed by atoms with van der Waals surface area (Å²) >= 11 is 0. The van der Waals surface area contributed by atoms with Gasteiger partial charge in [-0.2, -0.15) is 0 Å². The first-order valence-electron chi connectivity index (χ1n) is 6.83. The van der Waals surface area contributed by atoms with Crippen LogP contribution in [0.15, 0.2) is 12.1 Å². The van der Waals surface area contributed by atoms with Crippen LogP contribution in [-0.4, -0.2) is 49.3 Å². The van der Waals surface area contributed by atoms with Crippen molar-refractivity contribution < 1.29 is 28.9 Å². The fraction of sp³-hybridized carbons (Fsp3) is 0.467. The van der Waals surface area contributed by atoms with Crippen LogP contribution in [0.3, 0.4) is 0 Å². The van der Waals surface area contributed by atoms with Crippen LogP contribution in [0.5, 0.6) is 17.2 Å². The van der Waals surface area contributed by atoms with E-state index in [1.54, 1.807) is 12.1 Å². The Kier molecular flexibility index (Phi) is 4.75. The number of likely N-dealkylation sites (tertiary alicyclic amines) is 1. The smallest absolute Gasteiger partial charge is 0.326 e. The molecule has 1 N–H and O–H groups in total. The highest BCUT2D eigenvalue weighted by Gasteiger charge is 2.36. The SMILES string of the molecule is COc1ccc(CN2C(=O)CCC2C(=O)O)c(OC)c1OC. The van der Waals surface area contributed by atoms with Gasteiger partial charge >= 0.3 is 5.97 Å². The molecule has 7 heteroatoms. The number of aliphatic carboxylic acids is 1. The summed E-state index contributed by atoms with van der Waals surface area (Å²) in [5.41, 5.74) is 0.668. The van der Waals surface area contributed by atoms with Gasteiger partial charge in [0.05, 0.1) is 27.9 Å². The number of hydrogen-bond donors (Lipinski definition) is 1. The summed E-state index contributed by atoms with van der Waals surface area (Å²) in [5.74, 6) is 0.187. The van der Waals surface area contributed by atoms with Crippen LogP contribution in [0.25, 0.3) is 0 Å². The first-order valence-corrected chi connectivity index (χ1v) is 6.83. The maximum absolute atomic E-state index is 11.9. The second-order valence-corrected chi connectivity index (χ2v) is 4.91. The van der Waals surface area contributed by atoms with Gasteiger partial charge in [-0.25, -0.2) is 4.79 Å². The van der Waals surface area contributed by atoms with Gasteiger partial charge in [0.15, 0.2) is 11.5 Å². The number of amides is 1. The van der Waals surface area contributed by atoms with Crippen LogP contribution in [-0.2, 0) is 16.1 Å². The van der Waals surface area contributed by atoms with Crippen molar-refractivity contribution in [2.24, 2.45) is 0 Å². The number of hydrogen-bond acceptors (Lipinski definition) is 5. The monoisotopic (exact) mass is 309 g/mol. The maximum Gasteiger partial charge on any atom is 0.326 e. The van der Waals surface area contributed by atoms with Crippen molar-refractivity contribution in [1.82, 2.24) is 4.90 Å². The summed E-state index contributed by atoms with van der Waals surface area (Å²) in [7, 11) is 4.49. The van der Waals surface area contributed by atoms with E-state index in [9.17, 15) is 14.7 Å². The van der Waals surface area contributed by atoms with Crippen molar-refractivity contribution in [2.75, 3.05) is 21.3 Å². The number of benzene rings is 1. The molecule has 0 aromatic heterocycles. The lowest BCUT2D eigenvalue weighted by Gasteiger charge is -2.23. The number of ether oxygens (including phenoxy) is 3. The quantitative estimate of drug-likeness (QED) is 0.852. The lowest BCUT2D eigenvalue weighted by molar-refractivity contribution is -0.146. The van der Waals surface area contributed by atoms with E-state index in [0.29, 0.717) is 29.2 Å². The first kappa shape index (κ1) is 15.9. The van der Waals surface area contributed by atoms with E-state index in [2.05, 4.69) is 0 Å². The van der Waals surface area contributed by atoms with Crippen molar-refractivity contribution in [3.8, 4) is 17.2 Å². The van der Waals surface area contributed by atoms with Crippen molar-refractivity contribution in [1.29, 1.82) is 0 Å². The molecule has 1 atom stereocenters. The molecule has 120 valence electrons. The molecule has 1 fully saturated rings. The molecule has 0 spiro atoms. The van der Waals surface area contributed by atoms with Crippen molar-refractivity contribution in [2.45, 2.75) is 25.4 Å². The van der Waals surface area contributed by atoms with Crippen LogP contribution >= 0.6 is 0 Å². The molecule has 1 aliphatic heterocycles. The lowest BCUT2D eigenvalue weighted by atomic mass is 10.1. The third-order valence-electron chi connectivity index (χ3n) is 3.74. The van der Waals surface area contributed by atoms with Crippen LogP contribution in [0.4, 0.5) is 0 Å². The van der Waals surface area contributed by atoms with Gasteiger partial charge in [-0.15, -0.1) is 0 Å². The molecule has 0 radical (unpaired) electrons. The molecule has 2 rings (SSSR count). The van der Waals surface area contributed by atoms with Gasteiger partial charge in [0.25, 0.3) is 0 Å². The molecular formula is C15H19NO6. The predicted octanol–water partition coefficient (Wildman–Crippen LogP) is 1.29. The van der Waals surface area contributed by atoms with Gasteiger partial charge in [0.1, 0.15) is 6.04 Å². The summed E-state index contributed by atoms with van der Waals surface area (Å²) in [6, 6.07) is 2.64. The van der Waals surface area contributed by atoms with E-state index < -0.39 is 12.0 Å². The normalized spacial score (nSPS) is 17.5. The Balaban J connectivity index is 2.36. The van der Waals surface area contributed by atoms with Crippen molar-refractivity contribution in [3.05, 3.63) is 17.7 Å². The van der Waals surface area contributed by atoms with E-state index >= 15 is 0 Å². The number of nitrogens with zero attached hydrogens (tertiary/aromatic N) is 1. The van der Waals surface area contributed by atoms with Gasteiger partial charge < -0.3 is 24.2 Å². The van der Waals surface area contributed by atoms with Gasteiger partial charge in [-0.1, -0.05) is 0 Å². The zero-order chi connectivity index (χ0) is 16.3. The van der Waals surface area contributed by atoms with E-state index in [1.807, 2.05) is 0 Å². The predicted molar refractivity (Wildman–Crippen MR) is 77.3 cm³/mol. The van der Waals surface area contributed by atoms with E-state index in [1.165, 1.54) is 26.2 Å². The lowest BCUT2D eigenvalue weighted by Crippen LogP contribution is -2.38. The van der Waals surface area contributed by atoms with Gasteiger partial charge in [-0.3, -0.25) is 4.79 Å². The van der Waals surface area contributed by atoms with Gasteiger partial charge in [0.2, 0.25) is 11.7 Å². The summed E-state index contributed by atoms with van der Waals surface area (Å²) in [4.78, 5) is 24.5. The maximum atomic E-state index is 11.9. The Hall–Kier alpha value is -2.44. The molecule has 7 nitrogen and oxygen atoms in total. The Morgan fingerprint density at radius 3 is 2.45 bits per heavy atom. The second kappa shape index (κ2) is 6.55. The highest BCUT2D eigenvalue weighted by atomic mass is 16.5. The number of carbonyl (C=O) groups is 2. The molecule has 1 unspecified atom stereocenters. The Morgan fingerprint density at radius 1 is 1.23 bits per heavy atom. The molecule has 1 aromatic carbocycles. The third-order valence-corrected chi connectivity index (χ3v) is 3.74. The largest absolute Gasteiger partial charge is 0.493 e. The minimum absolute atomic E-state index is 0.152. The van der Waals surface area contributed by atoms with E-state index in [4.69, 9.17) is 14.2 Å². The molecule has 0 aliphatic carbocycles. The zero-order valence-electron chi connectivity index (χ0n) is 12.8. The number of methoxy groups -OCH3 is 3. The number of carbonyl (C=O) groups excluding carboxylic acids is 1. The summed E-state index contributed by atoms with van der Waals surface area (Å²) in [6.07, 6.45) is 0.566. The molecule has 1 aromatic rings. The molecule has 22 heavy (non-hydrogen) atoms.